The third-order valence-electron chi connectivity index (χ3n) is 0.328. The van der Waals surface area contributed by atoms with Gasteiger partial charge in [-0.25, -0.2) is 0 Å². The minimum atomic E-state index is -0.505. The zero-order chi connectivity index (χ0) is 5.91. The number of rotatable bonds is 2. The predicted octanol–water partition coefficient (Wildman–Crippen LogP) is 1.29. The Labute approximate surface area is 51.0 Å². The first-order valence-corrected chi connectivity index (χ1v) is 2.66. The van der Waals surface area contributed by atoms with Gasteiger partial charge in [0, 0.05) is 0 Å². The van der Waals surface area contributed by atoms with Crippen LogP contribution in [-0.4, -0.2) is 11.0 Å². The summed E-state index contributed by atoms with van der Waals surface area (Å²) in [6.45, 7) is 3.89. The summed E-state index contributed by atoms with van der Waals surface area (Å²) in [7, 11) is 0. The van der Waals surface area contributed by atoms with Gasteiger partial charge in [-0.1, -0.05) is 0 Å². The molecule has 0 unspecified atom stereocenters. The van der Waals surface area contributed by atoms with E-state index in [9.17, 15) is 4.79 Å². The molecule has 0 rings (SSSR count). The lowest BCUT2D eigenvalue weighted by Gasteiger charge is -2.11. The molecule has 0 aliphatic heterocycles. The van der Waals surface area contributed by atoms with Crippen molar-refractivity contribution in [2.45, 2.75) is 18.4 Å². The van der Waals surface area contributed by atoms with Crippen molar-refractivity contribution in [3.8, 4) is 0 Å². The predicted molar refractivity (Wildman–Crippen MR) is 30.2 cm³/mol. The van der Waals surface area contributed by atoms with Crippen LogP contribution in [0.5, 0.6) is 0 Å². The van der Waals surface area contributed by atoms with Gasteiger partial charge in [0.05, 0.1) is 0 Å². The maximum absolute atomic E-state index is 9.57. The van der Waals surface area contributed by atoms with Gasteiger partial charge in [0.2, 0.25) is 0 Å². The van der Waals surface area contributed by atoms with E-state index in [2.05, 4.69) is 20.7 Å². The van der Waals surface area contributed by atoms with Gasteiger partial charge in [-0.3, -0.25) is 4.79 Å². The van der Waals surface area contributed by atoms with E-state index in [1.807, 2.05) is 0 Å². The van der Waals surface area contributed by atoms with Crippen molar-refractivity contribution in [1.29, 1.82) is 0 Å². The molecule has 0 fully saturated rings. The maximum atomic E-state index is 9.57. The summed E-state index contributed by atoms with van der Waals surface area (Å²) in [6, 6.07) is 0. The highest BCUT2D eigenvalue weighted by Gasteiger charge is 2.10. The fraction of sp³-hybridized carbons (Fsp3) is 0.750. The number of carbonyl (C=O) groups excluding carboxylic acids is 1. The molecule has 0 radical (unpaired) electrons. The van der Waals surface area contributed by atoms with Crippen molar-refractivity contribution in [2.75, 3.05) is 0 Å². The molecule has 3 heteroatoms. The van der Waals surface area contributed by atoms with Gasteiger partial charge in [0.15, 0.2) is 4.51 Å². The molecule has 2 nitrogen and oxygen atoms in total. The van der Waals surface area contributed by atoms with Gasteiger partial charge in [0.25, 0.3) is 6.47 Å². The van der Waals surface area contributed by atoms with E-state index in [4.69, 9.17) is 0 Å². The molecule has 0 saturated carbocycles. The van der Waals surface area contributed by atoms with Crippen LogP contribution < -0.4 is 0 Å². The smallest absolute Gasteiger partial charge is 0.294 e. The second-order valence-electron chi connectivity index (χ2n) is 1.58. The van der Waals surface area contributed by atoms with Crippen LogP contribution in [0.25, 0.3) is 0 Å². The van der Waals surface area contributed by atoms with Crippen molar-refractivity contribution in [3.63, 3.8) is 0 Å². The van der Waals surface area contributed by atoms with Crippen molar-refractivity contribution >= 4 is 22.4 Å². The number of hydrogen-bond donors (Lipinski definition) is 0. The zero-order valence-electron chi connectivity index (χ0n) is 4.27. The highest BCUT2D eigenvalue weighted by Crippen LogP contribution is 2.14. The summed E-state index contributed by atoms with van der Waals surface area (Å²) >= 11 is 3.09. The molecule has 42 valence electrons. The molecule has 0 atom stereocenters. The Bertz CT molecular complexity index is 64.6. The van der Waals surface area contributed by atoms with Crippen LogP contribution in [0.15, 0.2) is 0 Å². The van der Waals surface area contributed by atoms with Crippen LogP contribution in [0.4, 0.5) is 0 Å². The largest absolute Gasteiger partial charge is 0.450 e. The molecule has 0 heterocycles. The lowest BCUT2D eigenvalue weighted by molar-refractivity contribution is -0.133. The number of halogens is 1. The fourth-order valence-electron chi connectivity index (χ4n) is 0.114. The highest BCUT2D eigenvalue weighted by atomic mass is 79.9. The van der Waals surface area contributed by atoms with E-state index < -0.39 is 4.51 Å². The van der Waals surface area contributed by atoms with E-state index in [-0.39, 0.29) is 0 Å². The summed E-state index contributed by atoms with van der Waals surface area (Å²) < 4.78 is 3.96. The summed E-state index contributed by atoms with van der Waals surface area (Å²) in [5.74, 6) is 0. The van der Waals surface area contributed by atoms with Crippen LogP contribution in [0, 0.1) is 0 Å². The summed E-state index contributed by atoms with van der Waals surface area (Å²) in [4.78, 5) is 9.57. The first kappa shape index (κ1) is 6.95. The van der Waals surface area contributed by atoms with Crippen molar-refractivity contribution in [2.24, 2.45) is 0 Å². The minimum absolute atomic E-state index is 0.411. The monoisotopic (exact) mass is 166 g/mol. The summed E-state index contributed by atoms with van der Waals surface area (Å²) in [5, 5.41) is 0. The Morgan fingerprint density at radius 1 is 1.71 bits per heavy atom. The van der Waals surface area contributed by atoms with Gasteiger partial charge < -0.3 is 4.74 Å². The Morgan fingerprint density at radius 3 is 2.14 bits per heavy atom. The Morgan fingerprint density at radius 2 is 2.14 bits per heavy atom. The van der Waals surface area contributed by atoms with Gasteiger partial charge in [0.1, 0.15) is 0 Å². The highest BCUT2D eigenvalue weighted by molar-refractivity contribution is 9.10. The normalized spacial score (nSPS) is 10.7. The van der Waals surface area contributed by atoms with E-state index in [0.717, 1.165) is 0 Å². The molecule has 0 amide bonds. The van der Waals surface area contributed by atoms with Gasteiger partial charge in [-0.2, -0.15) is 0 Å². The molecule has 0 aliphatic carbocycles. The van der Waals surface area contributed by atoms with Crippen LogP contribution >= 0.6 is 15.9 Å². The maximum Gasteiger partial charge on any atom is 0.294 e. The minimum Gasteiger partial charge on any atom is -0.450 e. The quantitative estimate of drug-likeness (QED) is 0.457. The molecule has 7 heavy (non-hydrogen) atoms. The van der Waals surface area contributed by atoms with Gasteiger partial charge in [-0.15, -0.1) is 0 Å². The average molecular weight is 167 g/mol. The zero-order valence-corrected chi connectivity index (χ0v) is 5.86. The first-order valence-electron chi connectivity index (χ1n) is 1.86. The Balaban J connectivity index is 3.34. The lowest BCUT2D eigenvalue weighted by Crippen LogP contribution is -2.12. The fourth-order valence-corrected chi connectivity index (χ4v) is 0.191. The Hall–Kier alpha value is -0.0500. The summed E-state index contributed by atoms with van der Waals surface area (Å²) in [6.07, 6.45) is 0. The second kappa shape index (κ2) is 2.31. The third-order valence-corrected chi connectivity index (χ3v) is 0.515. The molecule has 0 bridgehead atoms. The van der Waals surface area contributed by atoms with Crippen LogP contribution in [-0.2, 0) is 9.53 Å². The number of hydrogen-bond acceptors (Lipinski definition) is 2. The summed E-state index contributed by atoms with van der Waals surface area (Å²) in [5.41, 5.74) is 0. The van der Waals surface area contributed by atoms with E-state index in [1.54, 1.807) is 13.8 Å². The molecule has 0 aromatic carbocycles. The van der Waals surface area contributed by atoms with Crippen LogP contribution in [0.1, 0.15) is 13.8 Å². The molecule has 0 aromatic rings. The lowest BCUT2D eigenvalue weighted by atomic mass is 10.5. The van der Waals surface area contributed by atoms with Crippen molar-refractivity contribution in [3.05, 3.63) is 0 Å². The second-order valence-corrected chi connectivity index (χ2v) is 3.49. The van der Waals surface area contributed by atoms with E-state index in [1.165, 1.54) is 0 Å². The van der Waals surface area contributed by atoms with Crippen molar-refractivity contribution in [1.82, 2.24) is 0 Å². The molecule has 0 saturated heterocycles. The van der Waals surface area contributed by atoms with Crippen molar-refractivity contribution < 1.29 is 9.53 Å². The standard InChI is InChI=1S/C4H7BrO2/c1-4(2,5)7-3-6/h3H,1-2H3. The number of carbonyl (C=O) groups is 1. The molecule has 0 N–H and O–H groups in total. The number of alkyl halides is 1. The number of ether oxygens (including phenoxy) is 1. The van der Waals surface area contributed by atoms with E-state index >= 15 is 0 Å². The molecule has 0 aromatic heterocycles. The van der Waals surface area contributed by atoms with E-state index in [0.29, 0.717) is 6.47 Å². The average Bonchev–Trinajstić information content (AvgIpc) is 1.30. The van der Waals surface area contributed by atoms with Gasteiger partial charge >= 0.3 is 0 Å². The SMILES string of the molecule is CC(C)(Br)OC=O. The molecular formula is C4H7BrO2. The third kappa shape index (κ3) is 5.95. The molecular weight excluding hydrogens is 160 g/mol. The van der Waals surface area contributed by atoms with Crippen LogP contribution in [0.3, 0.4) is 0 Å². The Kier molecular flexibility index (Phi) is 2.29. The molecule has 0 spiro atoms. The first-order chi connectivity index (χ1) is 3.06. The molecule has 0 aliphatic rings. The van der Waals surface area contributed by atoms with Gasteiger partial charge in [-0.05, 0) is 29.8 Å². The van der Waals surface area contributed by atoms with Crippen LogP contribution in [0.2, 0.25) is 0 Å². The topological polar surface area (TPSA) is 26.3 Å².